The fraction of sp³-hybridized carbons (Fsp3) is 0.182. The van der Waals surface area contributed by atoms with Crippen LogP contribution in [-0.4, -0.2) is 54.2 Å². The van der Waals surface area contributed by atoms with Crippen molar-refractivity contribution in [3.05, 3.63) is 123 Å². The van der Waals surface area contributed by atoms with Gasteiger partial charge in [-0.15, -0.1) is 0 Å². The molecule has 3 N–H and O–H groups in total. The number of ether oxygens (including phenoxy) is 1. The normalized spacial score (nSPS) is 12.7. The largest absolute Gasteiger partial charge is 0.480 e. The van der Waals surface area contributed by atoms with Crippen LogP contribution >= 0.6 is 22.6 Å². The Morgan fingerprint density at radius 2 is 1.52 bits per heavy atom. The minimum atomic E-state index is -1.13. The van der Waals surface area contributed by atoms with Gasteiger partial charge in [-0.05, 0) is 75.7 Å². The second-order valence-corrected chi connectivity index (χ2v) is 11.5. The highest BCUT2D eigenvalue weighted by molar-refractivity contribution is 14.1. The molecule has 5 rings (SSSR count). The van der Waals surface area contributed by atoms with E-state index in [4.69, 9.17) is 4.74 Å². The minimum Gasteiger partial charge on any atom is -0.480 e. The molecule has 0 spiro atoms. The van der Waals surface area contributed by atoms with Gasteiger partial charge in [0.1, 0.15) is 12.6 Å². The molecule has 0 saturated carbocycles. The number of halogens is 1. The topological polar surface area (TPSA) is 108 Å². The van der Waals surface area contributed by atoms with Gasteiger partial charge >= 0.3 is 12.1 Å². The monoisotopic (exact) mass is 675 g/mol. The third kappa shape index (κ3) is 6.97. The Kier molecular flexibility index (Phi) is 9.19. The van der Waals surface area contributed by atoms with E-state index in [0.29, 0.717) is 15.8 Å². The summed E-state index contributed by atoms with van der Waals surface area (Å²) >= 11 is 2.05. The average molecular weight is 676 g/mol. The molecule has 0 saturated heterocycles. The van der Waals surface area contributed by atoms with E-state index in [0.717, 1.165) is 27.8 Å². The Balaban J connectivity index is 1.21. The molecule has 0 radical (unpaired) electrons. The summed E-state index contributed by atoms with van der Waals surface area (Å²) in [5, 5.41) is 15.1. The molecule has 0 fully saturated rings. The number of carboxylic acids is 1. The minimum absolute atomic E-state index is 0.0756. The first kappa shape index (κ1) is 29.3. The Morgan fingerprint density at radius 1 is 0.905 bits per heavy atom. The van der Waals surface area contributed by atoms with E-state index in [-0.39, 0.29) is 24.6 Å². The first-order valence-corrected chi connectivity index (χ1v) is 14.5. The maximum Gasteiger partial charge on any atom is 0.411 e. The van der Waals surface area contributed by atoms with Crippen LogP contribution in [0.25, 0.3) is 11.1 Å². The summed E-state index contributed by atoms with van der Waals surface area (Å²) in [7, 11) is 1.80. The first-order valence-electron chi connectivity index (χ1n) is 13.5. The third-order valence-electron chi connectivity index (χ3n) is 7.14. The van der Waals surface area contributed by atoms with Crippen LogP contribution in [0, 0.1) is 3.57 Å². The summed E-state index contributed by atoms with van der Waals surface area (Å²) < 4.78 is 6.33. The van der Waals surface area contributed by atoms with Crippen molar-refractivity contribution in [3.63, 3.8) is 0 Å². The summed E-state index contributed by atoms with van der Waals surface area (Å²) in [6.45, 7) is 0.816. The predicted molar refractivity (Wildman–Crippen MR) is 170 cm³/mol. The number of nitrogens with zero attached hydrogens (tertiary/aromatic N) is 1. The molecule has 0 aliphatic heterocycles. The molecule has 1 unspecified atom stereocenters. The van der Waals surface area contributed by atoms with Crippen LogP contribution in [0.1, 0.15) is 33.0 Å². The summed E-state index contributed by atoms with van der Waals surface area (Å²) in [6, 6.07) is 29.6. The van der Waals surface area contributed by atoms with Crippen molar-refractivity contribution in [3.8, 4) is 11.1 Å². The van der Waals surface area contributed by atoms with E-state index in [1.165, 1.54) is 6.07 Å². The van der Waals surface area contributed by atoms with Gasteiger partial charge in [0.05, 0.1) is 0 Å². The van der Waals surface area contributed by atoms with Crippen LogP contribution < -0.4 is 10.6 Å². The molecule has 0 bridgehead atoms. The van der Waals surface area contributed by atoms with Gasteiger partial charge in [0.15, 0.2) is 0 Å². The van der Waals surface area contributed by atoms with E-state index < -0.39 is 24.0 Å². The van der Waals surface area contributed by atoms with E-state index in [1.807, 2.05) is 82.1 Å². The number of benzene rings is 4. The van der Waals surface area contributed by atoms with Crippen molar-refractivity contribution in [1.29, 1.82) is 0 Å². The Morgan fingerprint density at radius 3 is 2.17 bits per heavy atom. The van der Waals surface area contributed by atoms with Crippen LogP contribution in [0.15, 0.2) is 97.1 Å². The van der Waals surface area contributed by atoms with Crippen molar-refractivity contribution in [2.45, 2.75) is 18.5 Å². The van der Waals surface area contributed by atoms with E-state index in [1.54, 1.807) is 19.2 Å². The molecular formula is C33H30IN3O5. The predicted octanol–water partition coefficient (Wildman–Crippen LogP) is 5.97. The number of amides is 2. The Hall–Kier alpha value is -4.22. The molecule has 0 aromatic heterocycles. The lowest BCUT2D eigenvalue weighted by molar-refractivity contribution is -0.139. The number of hydrogen-bond donors (Lipinski definition) is 3. The average Bonchev–Trinajstić information content (AvgIpc) is 3.29. The van der Waals surface area contributed by atoms with Gasteiger partial charge in [0.2, 0.25) is 0 Å². The highest BCUT2D eigenvalue weighted by Crippen LogP contribution is 2.44. The van der Waals surface area contributed by atoms with Gasteiger partial charge in [-0.2, -0.15) is 0 Å². The maximum atomic E-state index is 13.1. The standard InChI is InChI=1S/C33H30IN3O5/c1-37(18-21-9-3-2-4-10-21)19-30(32(39)40)36-31(38)22-15-23(34)17-24(16-22)35-33(41)42-20-29-27-13-7-5-11-25(27)26-12-6-8-14-28(26)29/h2-17,29-30H,18-20H2,1H3,(H,35,41)(H,36,38)(H,39,40). The summed E-state index contributed by atoms with van der Waals surface area (Å²) in [6.07, 6.45) is -0.642. The molecule has 9 heteroatoms. The van der Waals surface area contributed by atoms with Gasteiger partial charge in [-0.3, -0.25) is 15.0 Å². The molecule has 4 aromatic carbocycles. The van der Waals surface area contributed by atoms with Crippen LogP contribution in [0.5, 0.6) is 0 Å². The summed E-state index contributed by atoms with van der Waals surface area (Å²) in [5.74, 6) is -1.76. The van der Waals surface area contributed by atoms with Crippen LogP contribution in [0.2, 0.25) is 0 Å². The molecule has 2 amide bonds. The summed E-state index contributed by atoms with van der Waals surface area (Å²) in [4.78, 5) is 39.7. The number of rotatable bonds is 10. The Labute approximate surface area is 257 Å². The molecule has 1 atom stereocenters. The molecule has 4 aromatic rings. The Bertz CT molecular complexity index is 1570. The zero-order chi connectivity index (χ0) is 29.6. The van der Waals surface area contributed by atoms with Crippen LogP contribution in [-0.2, 0) is 16.1 Å². The molecule has 214 valence electrons. The number of anilines is 1. The number of carbonyl (C=O) groups is 3. The number of carboxylic acid groups (broad SMARTS) is 1. The number of fused-ring (bicyclic) bond motifs is 3. The first-order chi connectivity index (χ1) is 20.3. The van der Waals surface area contributed by atoms with Gasteiger partial charge < -0.3 is 15.2 Å². The van der Waals surface area contributed by atoms with Crippen molar-refractivity contribution in [2.75, 3.05) is 25.5 Å². The van der Waals surface area contributed by atoms with Gasteiger partial charge in [-0.25, -0.2) is 9.59 Å². The molecule has 1 aliphatic rings. The van der Waals surface area contributed by atoms with E-state index in [2.05, 4.69) is 34.9 Å². The highest BCUT2D eigenvalue weighted by Gasteiger charge is 2.29. The quantitative estimate of drug-likeness (QED) is 0.179. The number of nitrogens with one attached hydrogen (secondary N) is 2. The second kappa shape index (κ2) is 13.2. The highest BCUT2D eigenvalue weighted by atomic mass is 127. The second-order valence-electron chi connectivity index (χ2n) is 10.2. The van der Waals surface area contributed by atoms with Crippen molar-refractivity contribution >= 4 is 46.2 Å². The molecule has 1 aliphatic carbocycles. The third-order valence-corrected chi connectivity index (χ3v) is 7.77. The van der Waals surface area contributed by atoms with Gasteiger partial charge in [0, 0.05) is 33.8 Å². The number of hydrogen-bond acceptors (Lipinski definition) is 5. The zero-order valence-corrected chi connectivity index (χ0v) is 25.1. The summed E-state index contributed by atoms with van der Waals surface area (Å²) in [5.41, 5.74) is 6.15. The number of carbonyl (C=O) groups excluding carboxylic acids is 2. The van der Waals surface area contributed by atoms with Crippen molar-refractivity contribution in [1.82, 2.24) is 10.2 Å². The number of aliphatic carboxylic acids is 1. The molecule has 8 nitrogen and oxygen atoms in total. The van der Waals surface area contributed by atoms with E-state index >= 15 is 0 Å². The van der Waals surface area contributed by atoms with Gasteiger partial charge in [0.25, 0.3) is 5.91 Å². The van der Waals surface area contributed by atoms with Crippen LogP contribution in [0.3, 0.4) is 0 Å². The molecular weight excluding hydrogens is 645 g/mol. The smallest absolute Gasteiger partial charge is 0.411 e. The molecule has 42 heavy (non-hydrogen) atoms. The lowest BCUT2D eigenvalue weighted by Gasteiger charge is -2.22. The van der Waals surface area contributed by atoms with Crippen molar-refractivity contribution < 1.29 is 24.2 Å². The fourth-order valence-electron chi connectivity index (χ4n) is 5.24. The zero-order valence-electron chi connectivity index (χ0n) is 22.9. The van der Waals surface area contributed by atoms with E-state index in [9.17, 15) is 19.5 Å². The lowest BCUT2D eigenvalue weighted by atomic mass is 9.98. The maximum absolute atomic E-state index is 13.1. The van der Waals surface area contributed by atoms with Gasteiger partial charge in [-0.1, -0.05) is 78.9 Å². The SMILES string of the molecule is CN(Cc1ccccc1)CC(NC(=O)c1cc(I)cc(NC(=O)OCC2c3ccccc3-c3ccccc32)c1)C(=O)O. The lowest BCUT2D eigenvalue weighted by Crippen LogP contribution is -2.47. The van der Waals surface area contributed by atoms with Crippen molar-refractivity contribution in [2.24, 2.45) is 0 Å². The molecule has 0 heterocycles. The number of likely N-dealkylation sites (N-methyl/N-ethyl adjacent to an activating group) is 1. The van der Waals surface area contributed by atoms with Crippen LogP contribution in [0.4, 0.5) is 10.5 Å². The fourth-order valence-corrected chi connectivity index (χ4v) is 5.91.